The Labute approximate surface area is 174 Å². The van der Waals surface area contributed by atoms with Crippen LogP contribution in [-0.4, -0.2) is 36.7 Å². The van der Waals surface area contributed by atoms with E-state index in [1.165, 1.54) is 41.3 Å². The summed E-state index contributed by atoms with van der Waals surface area (Å²) in [5, 5.41) is 5.02. The summed E-state index contributed by atoms with van der Waals surface area (Å²) < 4.78 is 44.5. The topological polar surface area (TPSA) is 96.7 Å². The number of ether oxygens (including phenoxy) is 1. The third kappa shape index (κ3) is 4.98. The van der Waals surface area contributed by atoms with E-state index >= 15 is 0 Å². The molecule has 0 unspecified atom stereocenters. The molecule has 1 saturated heterocycles. The number of rotatable bonds is 6. The molecule has 0 aromatic heterocycles. The fourth-order valence-electron chi connectivity index (χ4n) is 2.77. The molecule has 0 aliphatic carbocycles. The van der Waals surface area contributed by atoms with Crippen molar-refractivity contribution >= 4 is 46.0 Å². The van der Waals surface area contributed by atoms with Crippen LogP contribution in [0.25, 0.3) is 0 Å². The van der Waals surface area contributed by atoms with Crippen LogP contribution in [0.2, 0.25) is 0 Å². The summed E-state index contributed by atoms with van der Waals surface area (Å²) >= 11 is 4.47. The highest BCUT2D eigenvalue weighted by Gasteiger charge is 2.33. The van der Waals surface area contributed by atoms with Gasteiger partial charge in [-0.2, -0.15) is 0 Å². The number of carbonyl (C=O) groups is 1. The maximum Gasteiger partial charge on any atom is 0.414 e. The van der Waals surface area contributed by atoms with Gasteiger partial charge in [-0.25, -0.2) is 18.0 Å². The van der Waals surface area contributed by atoms with Crippen molar-refractivity contribution in [3.8, 4) is 0 Å². The minimum Gasteiger partial charge on any atom is -0.442 e. The first-order valence-corrected chi connectivity index (χ1v) is 9.16. The van der Waals surface area contributed by atoms with E-state index in [0.717, 1.165) is 6.07 Å². The van der Waals surface area contributed by atoms with Gasteiger partial charge in [0.2, 0.25) is 5.43 Å². The third-order valence-electron chi connectivity index (χ3n) is 4.22. The lowest BCUT2D eigenvalue weighted by atomic mass is 10.2. The molecule has 7 nitrogen and oxygen atoms in total. The Morgan fingerprint density at radius 3 is 2.70 bits per heavy atom. The van der Waals surface area contributed by atoms with Crippen molar-refractivity contribution in [3.63, 3.8) is 0 Å². The molecule has 1 amide bonds. The lowest BCUT2D eigenvalue weighted by Gasteiger charge is -2.15. The smallest absolute Gasteiger partial charge is 0.414 e. The van der Waals surface area contributed by atoms with Crippen molar-refractivity contribution in [1.82, 2.24) is 5.32 Å². The molecule has 0 radical (unpaired) electrons. The SMILES string of the molecule is Nc1cccc(=O)c(Nc2ccc(N3C[C@H](CNC(=S)C(F)F)OC3=O)cc2F)c1. The number of nitrogens with two attached hydrogens (primary N) is 1. The van der Waals surface area contributed by atoms with Crippen molar-refractivity contribution in [2.75, 3.05) is 29.0 Å². The Hall–Kier alpha value is -3.34. The number of benzene rings is 1. The lowest BCUT2D eigenvalue weighted by Crippen LogP contribution is -2.36. The summed E-state index contributed by atoms with van der Waals surface area (Å²) in [6.07, 6.45) is -4.28. The molecule has 0 bridgehead atoms. The van der Waals surface area contributed by atoms with E-state index in [0.29, 0.717) is 5.69 Å². The van der Waals surface area contributed by atoms with E-state index in [1.54, 1.807) is 0 Å². The van der Waals surface area contributed by atoms with Crippen LogP contribution in [-0.2, 0) is 4.74 Å². The Morgan fingerprint density at radius 2 is 2.00 bits per heavy atom. The van der Waals surface area contributed by atoms with Gasteiger partial charge in [0, 0.05) is 5.69 Å². The van der Waals surface area contributed by atoms with Crippen LogP contribution >= 0.6 is 12.2 Å². The number of amides is 1. The first-order valence-electron chi connectivity index (χ1n) is 8.75. The zero-order valence-electron chi connectivity index (χ0n) is 15.4. The average molecular weight is 438 g/mol. The molecule has 30 heavy (non-hydrogen) atoms. The molecule has 4 N–H and O–H groups in total. The highest BCUT2D eigenvalue weighted by molar-refractivity contribution is 7.80. The lowest BCUT2D eigenvalue weighted by molar-refractivity contribution is 0.142. The van der Waals surface area contributed by atoms with Crippen molar-refractivity contribution in [1.29, 1.82) is 0 Å². The number of hydrogen-bond donors (Lipinski definition) is 3. The number of halogens is 3. The predicted octanol–water partition coefficient (Wildman–Crippen LogP) is 3.02. The second-order valence-corrected chi connectivity index (χ2v) is 6.84. The Morgan fingerprint density at radius 1 is 1.23 bits per heavy atom. The molecule has 158 valence electrons. The Kier molecular flexibility index (Phi) is 6.40. The number of carbonyl (C=O) groups excluding carboxylic acids is 1. The number of nitrogens with zero attached hydrogens (tertiary/aromatic N) is 1. The highest BCUT2D eigenvalue weighted by atomic mass is 32.1. The largest absolute Gasteiger partial charge is 0.442 e. The van der Waals surface area contributed by atoms with E-state index in [9.17, 15) is 22.8 Å². The van der Waals surface area contributed by atoms with Crippen LogP contribution in [0.4, 0.5) is 40.7 Å². The average Bonchev–Trinajstić information content (AvgIpc) is 2.98. The zero-order valence-corrected chi connectivity index (χ0v) is 16.2. The number of anilines is 4. The number of nitrogen functional groups attached to an aromatic ring is 1. The predicted molar refractivity (Wildman–Crippen MR) is 111 cm³/mol. The Balaban J connectivity index is 1.72. The van der Waals surface area contributed by atoms with Gasteiger partial charge in [-0.15, -0.1) is 0 Å². The first-order chi connectivity index (χ1) is 14.2. The van der Waals surface area contributed by atoms with Crippen molar-refractivity contribution < 1.29 is 22.7 Å². The van der Waals surface area contributed by atoms with Gasteiger partial charge in [-0.1, -0.05) is 18.3 Å². The quantitative estimate of drug-likeness (QED) is 0.597. The molecule has 0 saturated carbocycles. The molecule has 1 heterocycles. The molecule has 2 aromatic carbocycles. The molecule has 0 spiro atoms. The molecule has 1 fully saturated rings. The minimum atomic E-state index is -2.81. The normalized spacial score (nSPS) is 15.8. The molecular formula is C19H17F3N4O3S. The van der Waals surface area contributed by atoms with E-state index in [1.807, 2.05) is 0 Å². The summed E-state index contributed by atoms with van der Waals surface area (Å²) in [6.45, 7) is -0.0636. The summed E-state index contributed by atoms with van der Waals surface area (Å²) in [7, 11) is 0. The number of nitrogens with one attached hydrogen (secondary N) is 2. The van der Waals surface area contributed by atoms with Gasteiger partial charge >= 0.3 is 6.09 Å². The molecule has 3 rings (SSSR count). The first kappa shape index (κ1) is 21.4. The molecule has 1 aliphatic heterocycles. The monoisotopic (exact) mass is 438 g/mol. The van der Waals surface area contributed by atoms with Gasteiger partial charge in [0.15, 0.2) is 0 Å². The summed E-state index contributed by atoms with van der Waals surface area (Å²) in [4.78, 5) is 24.6. The van der Waals surface area contributed by atoms with Gasteiger partial charge in [0.1, 0.15) is 16.9 Å². The second kappa shape index (κ2) is 8.99. The van der Waals surface area contributed by atoms with Crippen molar-refractivity contribution in [2.24, 2.45) is 0 Å². The molecular weight excluding hydrogens is 421 g/mol. The summed E-state index contributed by atoms with van der Waals surface area (Å²) in [5.41, 5.74) is 5.96. The van der Waals surface area contributed by atoms with Gasteiger partial charge in [-0.3, -0.25) is 9.69 Å². The van der Waals surface area contributed by atoms with Crippen molar-refractivity contribution in [2.45, 2.75) is 12.5 Å². The minimum absolute atomic E-state index is 0.00881. The van der Waals surface area contributed by atoms with E-state index in [2.05, 4.69) is 22.9 Å². The summed E-state index contributed by atoms with van der Waals surface area (Å²) in [6, 6.07) is 9.61. The van der Waals surface area contributed by atoms with E-state index in [-0.39, 0.29) is 35.6 Å². The van der Waals surface area contributed by atoms with Crippen molar-refractivity contribution in [3.05, 3.63) is 58.5 Å². The number of cyclic esters (lactones) is 1. The fourth-order valence-corrected chi connectivity index (χ4v) is 2.85. The van der Waals surface area contributed by atoms with E-state index in [4.69, 9.17) is 10.5 Å². The number of thiocarbonyl (C=S) groups is 1. The van der Waals surface area contributed by atoms with Crippen LogP contribution in [0.15, 0.2) is 47.3 Å². The van der Waals surface area contributed by atoms with Crippen LogP contribution < -0.4 is 26.7 Å². The van der Waals surface area contributed by atoms with Gasteiger partial charge < -0.3 is 21.1 Å². The van der Waals surface area contributed by atoms with Gasteiger partial charge in [-0.05, 0) is 36.4 Å². The summed E-state index contributed by atoms with van der Waals surface area (Å²) in [5.74, 6) is -0.717. The Bertz CT molecular complexity index is 1040. The van der Waals surface area contributed by atoms with E-state index < -0.39 is 29.4 Å². The van der Waals surface area contributed by atoms with Crippen LogP contribution in [0.5, 0.6) is 0 Å². The standard InChI is InChI=1S/C19H17F3N4O3S/c20-13-7-11(26-9-12(29-19(26)28)8-24-18(30)17(21)22)4-5-14(13)25-15-6-10(23)2-1-3-16(15)27/h1-7,12,17H,8-9,23H2,(H,24,30)(H,25,27)/t12-/m0/s1. The maximum atomic E-state index is 14.6. The number of hydrogen-bond acceptors (Lipinski definition) is 6. The zero-order chi connectivity index (χ0) is 21.8. The van der Waals surface area contributed by atoms with Crippen LogP contribution in [0.3, 0.4) is 0 Å². The number of alkyl halides is 2. The van der Waals surface area contributed by atoms with Crippen LogP contribution in [0, 0.1) is 5.82 Å². The molecule has 1 aliphatic rings. The fraction of sp³-hybridized carbons (Fsp3) is 0.211. The molecule has 2 aromatic rings. The molecule has 1 atom stereocenters. The van der Waals surface area contributed by atoms with Crippen LogP contribution in [0.1, 0.15) is 0 Å². The second-order valence-electron chi connectivity index (χ2n) is 6.40. The third-order valence-corrected chi connectivity index (χ3v) is 4.55. The molecule has 11 heteroatoms. The maximum absolute atomic E-state index is 14.6. The highest BCUT2D eigenvalue weighted by Crippen LogP contribution is 2.27. The van der Waals surface area contributed by atoms with Gasteiger partial charge in [0.05, 0.1) is 30.2 Å². The van der Waals surface area contributed by atoms with Gasteiger partial charge in [0.25, 0.3) is 6.43 Å².